The summed E-state index contributed by atoms with van der Waals surface area (Å²) in [6.45, 7) is 0. The van der Waals surface area contributed by atoms with Crippen LogP contribution in [0.2, 0.25) is 0 Å². The number of hydrogen-bond donors (Lipinski definition) is 0. The Bertz CT molecular complexity index is 8.00. The van der Waals surface area contributed by atoms with E-state index in [1.165, 1.54) is 0 Å². The van der Waals surface area contributed by atoms with Gasteiger partial charge in [-0.1, -0.05) is 0 Å². The zero-order chi connectivity index (χ0) is 2.00. The molecule has 0 N–H and O–H groups in total. The van der Waals surface area contributed by atoms with Gasteiger partial charge in [-0.3, -0.25) is 0 Å². The predicted molar refractivity (Wildman–Crippen MR) is 16.4 cm³/mol. The molecule has 0 amide bonds. The van der Waals surface area contributed by atoms with E-state index in [0.29, 0.717) is 0 Å². The van der Waals surface area contributed by atoms with Crippen LogP contribution in [0.15, 0.2) is 0 Å². The summed E-state index contributed by atoms with van der Waals surface area (Å²) in [5.74, 6) is 0. The first kappa shape index (κ1) is 16.6. The topological polar surface area (TPSA) is 17.1 Å². The van der Waals surface area contributed by atoms with Crippen LogP contribution in [0.5, 0.6) is 0 Å². The van der Waals surface area contributed by atoms with Crippen molar-refractivity contribution in [3.05, 3.63) is 0 Å². The summed E-state index contributed by atoms with van der Waals surface area (Å²) in [6.07, 6.45) is 0. The Hall–Kier alpha value is 2.06. The van der Waals surface area contributed by atoms with Crippen molar-refractivity contribution in [1.82, 2.24) is 0 Å². The molecule has 0 radical (unpaired) electrons. The van der Waals surface area contributed by atoms with E-state index < -0.39 is 0 Å². The summed E-state index contributed by atoms with van der Waals surface area (Å²) >= 11 is -0.1000. The minimum absolute atomic E-state index is 0. The maximum absolute atomic E-state index is 8.42. The standard InChI is InChI=1S/In.Mg.O.Zn.3H. The number of rotatable bonds is 0. The van der Waals surface area contributed by atoms with Crippen LogP contribution >= 0.6 is 0 Å². The molecule has 0 fully saturated rings. The van der Waals surface area contributed by atoms with E-state index in [1.807, 2.05) is 0 Å². The Morgan fingerprint density at radius 1 is 1.25 bits per heavy atom. The third-order valence-electron chi connectivity index (χ3n) is 0. The summed E-state index contributed by atoms with van der Waals surface area (Å²) < 4.78 is 8.42. The Kier molecular flexibility index (Phi) is 81.4. The van der Waals surface area contributed by atoms with E-state index in [0.717, 1.165) is 0 Å². The van der Waals surface area contributed by atoms with Crippen LogP contribution in [0.3, 0.4) is 0 Å². The Balaban J connectivity index is -0.00000000500. The summed E-state index contributed by atoms with van der Waals surface area (Å²) in [4.78, 5) is 0. The largest absolute Gasteiger partial charge is 0 e. The van der Waals surface area contributed by atoms with Gasteiger partial charge in [0.15, 0.2) is 0 Å². The van der Waals surface area contributed by atoms with Crippen LogP contribution in [-0.2, 0) is 22.3 Å². The molecule has 0 aromatic heterocycles. The molecule has 1 nitrogen and oxygen atoms in total. The van der Waals surface area contributed by atoms with Crippen molar-refractivity contribution in [2.75, 3.05) is 0 Å². The third-order valence-corrected chi connectivity index (χ3v) is 0. The first-order valence-electron chi connectivity index (χ1n) is 0.289. The van der Waals surface area contributed by atoms with Gasteiger partial charge in [0.2, 0.25) is 0 Å². The van der Waals surface area contributed by atoms with Crippen LogP contribution in [0, 0.1) is 0 Å². The minimum Gasteiger partial charge on any atom is 0 e. The summed E-state index contributed by atoms with van der Waals surface area (Å²) in [7, 11) is 0. The fraction of sp³-hybridized carbons (Fsp3) is 0. The molecule has 16 valence electrons. The van der Waals surface area contributed by atoms with Gasteiger partial charge >= 0.3 is 50.3 Å². The molecule has 0 heterocycles. The van der Waals surface area contributed by atoms with E-state index in [4.69, 9.17) is 2.85 Å². The van der Waals surface area contributed by atoms with Crippen molar-refractivity contribution in [2.24, 2.45) is 0 Å². The second kappa shape index (κ2) is 19.7. The fourth-order valence-electron chi connectivity index (χ4n) is 0. The molecule has 0 unspecified atom stereocenters. The quantitative estimate of drug-likeness (QED) is 0.448. The average Bonchev–Trinajstić information content (AvgIpc) is 1.00. The van der Waals surface area contributed by atoms with E-state index in [1.54, 1.807) is 0 Å². The maximum Gasteiger partial charge on any atom is 0 e. The van der Waals surface area contributed by atoms with Gasteiger partial charge < -0.3 is 0 Å². The molecule has 4 heavy (non-hydrogen) atoms. The van der Waals surface area contributed by atoms with Crippen LogP contribution in [0.25, 0.3) is 0 Å². The Morgan fingerprint density at radius 3 is 1.25 bits per heavy atom. The summed E-state index contributed by atoms with van der Waals surface area (Å²) in [6, 6.07) is 0. The third kappa shape index (κ3) is 8.96. The van der Waals surface area contributed by atoms with Crippen molar-refractivity contribution in [3.8, 4) is 0 Å². The molecule has 0 saturated heterocycles. The van der Waals surface area contributed by atoms with E-state index in [9.17, 15) is 0 Å². The van der Waals surface area contributed by atoms with Crippen molar-refractivity contribution in [1.29, 1.82) is 0 Å². The second-order valence-electron chi connectivity index (χ2n) is 0. The predicted octanol–water partition coefficient (Wildman–Crippen LogP) is -1.69. The van der Waals surface area contributed by atoms with E-state index in [2.05, 4.69) is 0 Å². The van der Waals surface area contributed by atoms with Gasteiger partial charge in [0.1, 0.15) is 0 Å². The average molecular weight is 224 g/mol. The zero-order valence-electron chi connectivity index (χ0n) is 1.82. The Morgan fingerprint density at radius 2 is 1.25 bits per heavy atom. The van der Waals surface area contributed by atoms with Crippen molar-refractivity contribution in [2.45, 2.75) is 0 Å². The molecular formula is H3InMgOZn. The van der Waals surface area contributed by atoms with Crippen LogP contribution in [0.1, 0.15) is 0 Å². The molecular weight excluding hydrogens is 221 g/mol. The SMILES string of the molecule is [MgH2].[O]=[InH].[Zn]. The molecule has 0 aromatic carbocycles. The zero-order valence-corrected chi connectivity index (χ0v) is 8.83. The molecule has 0 saturated carbocycles. The van der Waals surface area contributed by atoms with Gasteiger partial charge in [-0.15, -0.1) is 0 Å². The molecule has 0 spiro atoms. The minimum atomic E-state index is -0.1000. The van der Waals surface area contributed by atoms with Gasteiger partial charge in [-0.2, -0.15) is 0 Å². The normalized spacial score (nSPS) is 0.750. The van der Waals surface area contributed by atoms with Gasteiger partial charge in [-0.25, -0.2) is 0 Å². The molecule has 0 aliphatic heterocycles. The molecule has 0 bridgehead atoms. The van der Waals surface area contributed by atoms with Crippen LogP contribution in [-0.4, -0.2) is 47.4 Å². The Labute approximate surface area is 68.8 Å². The molecule has 0 aliphatic carbocycles. The van der Waals surface area contributed by atoms with Gasteiger partial charge in [-0.05, 0) is 0 Å². The first-order chi connectivity index (χ1) is 1.00. The van der Waals surface area contributed by atoms with Crippen LogP contribution in [0.4, 0.5) is 0 Å². The number of hydrogen-bond acceptors (Lipinski definition) is 1. The molecule has 0 aromatic rings. The maximum atomic E-state index is 8.42. The summed E-state index contributed by atoms with van der Waals surface area (Å²) in [5, 5.41) is 0. The monoisotopic (exact) mass is 222 g/mol. The van der Waals surface area contributed by atoms with Crippen molar-refractivity contribution < 1.29 is 22.3 Å². The molecule has 0 rings (SSSR count). The van der Waals surface area contributed by atoms with E-state index >= 15 is 0 Å². The smallest absolute Gasteiger partial charge is 0 e. The van der Waals surface area contributed by atoms with Gasteiger partial charge in [0, 0.05) is 19.5 Å². The second-order valence-corrected chi connectivity index (χ2v) is 0. The molecule has 0 aliphatic rings. The van der Waals surface area contributed by atoms with Gasteiger partial charge in [0.25, 0.3) is 0 Å². The van der Waals surface area contributed by atoms with E-state index in [-0.39, 0.29) is 66.9 Å². The molecule has 0 atom stereocenters. The van der Waals surface area contributed by atoms with Crippen molar-refractivity contribution >= 4 is 47.4 Å². The first-order valence-corrected chi connectivity index (χ1v) is 1.94. The summed E-state index contributed by atoms with van der Waals surface area (Å²) in [5.41, 5.74) is 0. The molecule has 4 heteroatoms. The van der Waals surface area contributed by atoms with Crippen molar-refractivity contribution in [3.63, 3.8) is 0 Å². The fourth-order valence-corrected chi connectivity index (χ4v) is 0. The van der Waals surface area contributed by atoms with Gasteiger partial charge in [0.05, 0.1) is 0 Å². The van der Waals surface area contributed by atoms with Crippen LogP contribution < -0.4 is 0 Å².